The quantitative estimate of drug-likeness (QED) is 0.644. The summed E-state index contributed by atoms with van der Waals surface area (Å²) < 4.78 is 5.57. The van der Waals surface area contributed by atoms with E-state index < -0.39 is 0 Å². The van der Waals surface area contributed by atoms with Crippen LogP contribution in [-0.4, -0.2) is 56.7 Å². The molecule has 0 aromatic heterocycles. The van der Waals surface area contributed by atoms with Gasteiger partial charge in [0.25, 0.3) is 0 Å². The summed E-state index contributed by atoms with van der Waals surface area (Å²) >= 11 is 0. The van der Waals surface area contributed by atoms with Crippen molar-refractivity contribution in [3.8, 4) is 0 Å². The molecule has 0 radical (unpaired) electrons. The van der Waals surface area contributed by atoms with Crippen molar-refractivity contribution < 1.29 is 9.53 Å². The molecule has 0 N–H and O–H groups in total. The Labute approximate surface area is 195 Å². The Hall–Kier alpha value is -1.59. The van der Waals surface area contributed by atoms with E-state index in [2.05, 4.69) is 28.0 Å². The van der Waals surface area contributed by atoms with Crippen LogP contribution in [0.25, 0.3) is 0 Å². The number of carbonyl (C=O) groups excluding carboxylic acids is 1. The summed E-state index contributed by atoms with van der Waals surface area (Å²) in [5.41, 5.74) is 3.73. The molecule has 3 aliphatic rings. The van der Waals surface area contributed by atoms with Crippen LogP contribution in [0.2, 0.25) is 0 Å². The van der Waals surface area contributed by atoms with E-state index in [4.69, 9.17) is 4.74 Å². The zero-order valence-corrected chi connectivity index (χ0v) is 20.2. The molecule has 1 amide bonds. The molecule has 1 aromatic rings. The van der Waals surface area contributed by atoms with Crippen molar-refractivity contribution in [1.82, 2.24) is 4.90 Å². The van der Waals surface area contributed by atoms with Crippen LogP contribution in [0.3, 0.4) is 0 Å². The number of hydrogen-bond acceptors (Lipinski definition) is 4. The van der Waals surface area contributed by atoms with Crippen molar-refractivity contribution in [3.05, 3.63) is 23.8 Å². The number of ether oxygens (including phenoxy) is 1. The molecule has 0 atom stereocenters. The number of fused-ring (bicyclic) bond motifs is 1. The van der Waals surface area contributed by atoms with Crippen molar-refractivity contribution in [1.29, 1.82) is 0 Å². The van der Waals surface area contributed by atoms with E-state index in [-0.39, 0.29) is 5.91 Å². The third kappa shape index (κ3) is 6.48. The smallest absolute Gasteiger partial charge is 0.223 e. The Morgan fingerprint density at radius 3 is 2.34 bits per heavy atom. The maximum atomic E-state index is 12.6. The van der Waals surface area contributed by atoms with E-state index in [9.17, 15) is 4.79 Å². The highest BCUT2D eigenvalue weighted by Gasteiger charge is 2.22. The van der Waals surface area contributed by atoms with Crippen molar-refractivity contribution >= 4 is 17.3 Å². The van der Waals surface area contributed by atoms with Gasteiger partial charge in [-0.05, 0) is 61.9 Å². The fourth-order valence-corrected chi connectivity index (χ4v) is 5.77. The number of morpholine rings is 1. The van der Waals surface area contributed by atoms with Gasteiger partial charge in [-0.1, -0.05) is 38.5 Å². The highest BCUT2D eigenvalue weighted by molar-refractivity contribution is 5.92. The second-order valence-corrected chi connectivity index (χ2v) is 10.1. The first-order chi connectivity index (χ1) is 15.7. The van der Waals surface area contributed by atoms with Gasteiger partial charge in [-0.15, -0.1) is 0 Å². The van der Waals surface area contributed by atoms with Gasteiger partial charge < -0.3 is 14.5 Å². The number of benzene rings is 1. The summed E-state index contributed by atoms with van der Waals surface area (Å²) in [5, 5.41) is 0. The van der Waals surface area contributed by atoms with E-state index in [0.29, 0.717) is 0 Å². The molecule has 32 heavy (non-hydrogen) atoms. The lowest BCUT2D eigenvalue weighted by molar-refractivity contribution is -0.116. The number of anilines is 2. The molecule has 1 saturated carbocycles. The minimum Gasteiger partial charge on any atom is -0.378 e. The molecule has 2 heterocycles. The lowest BCUT2D eigenvalue weighted by atomic mass is 9.88. The maximum absolute atomic E-state index is 12.6. The Balaban J connectivity index is 1.62. The monoisotopic (exact) mass is 441 g/mol. The SMILES string of the molecule is CC(=O)N1CCCCCCCN(CC2CCCCC2)Cc2cc(N3CCOCC3)ccc21. The molecule has 1 aromatic carbocycles. The molecule has 5 nitrogen and oxygen atoms in total. The van der Waals surface area contributed by atoms with Gasteiger partial charge in [-0.25, -0.2) is 0 Å². The van der Waals surface area contributed by atoms with Crippen LogP contribution >= 0.6 is 0 Å². The topological polar surface area (TPSA) is 36.0 Å². The predicted octanol–water partition coefficient (Wildman–Crippen LogP) is 5.22. The zero-order chi connectivity index (χ0) is 22.2. The third-order valence-corrected chi connectivity index (χ3v) is 7.60. The molecule has 178 valence electrons. The largest absolute Gasteiger partial charge is 0.378 e. The molecular weight excluding hydrogens is 398 g/mol. The summed E-state index contributed by atoms with van der Waals surface area (Å²) in [6, 6.07) is 6.81. The fraction of sp³-hybridized carbons (Fsp3) is 0.741. The zero-order valence-electron chi connectivity index (χ0n) is 20.2. The predicted molar refractivity (Wildman–Crippen MR) is 132 cm³/mol. The number of amides is 1. The van der Waals surface area contributed by atoms with Gasteiger partial charge in [-0.3, -0.25) is 9.69 Å². The molecule has 2 fully saturated rings. The van der Waals surface area contributed by atoms with E-state index in [1.165, 1.54) is 82.1 Å². The van der Waals surface area contributed by atoms with Gasteiger partial charge in [0, 0.05) is 51.0 Å². The summed E-state index contributed by atoms with van der Waals surface area (Å²) in [5.74, 6) is 1.01. The molecule has 1 saturated heterocycles. The number of hydrogen-bond donors (Lipinski definition) is 0. The highest BCUT2D eigenvalue weighted by Crippen LogP contribution is 2.31. The van der Waals surface area contributed by atoms with Gasteiger partial charge in [0.05, 0.1) is 13.2 Å². The van der Waals surface area contributed by atoms with Crippen LogP contribution in [0.5, 0.6) is 0 Å². The summed E-state index contributed by atoms with van der Waals surface area (Å²) in [4.78, 5) is 19.8. The average Bonchev–Trinajstić information content (AvgIpc) is 2.81. The number of carbonyl (C=O) groups is 1. The fourth-order valence-electron chi connectivity index (χ4n) is 5.77. The molecule has 0 unspecified atom stereocenters. The van der Waals surface area contributed by atoms with Gasteiger partial charge in [-0.2, -0.15) is 0 Å². The molecule has 5 heteroatoms. The van der Waals surface area contributed by atoms with Crippen LogP contribution in [0.15, 0.2) is 18.2 Å². The van der Waals surface area contributed by atoms with E-state index in [1.807, 2.05) is 4.90 Å². The lowest BCUT2D eigenvalue weighted by Crippen LogP contribution is -2.37. The Bertz CT molecular complexity index is 726. The van der Waals surface area contributed by atoms with Crippen molar-refractivity contribution in [3.63, 3.8) is 0 Å². The number of rotatable bonds is 3. The normalized spacial score (nSPS) is 22.7. The van der Waals surface area contributed by atoms with Gasteiger partial charge in [0.2, 0.25) is 5.91 Å². The van der Waals surface area contributed by atoms with E-state index >= 15 is 0 Å². The maximum Gasteiger partial charge on any atom is 0.223 e. The molecule has 0 bridgehead atoms. The third-order valence-electron chi connectivity index (χ3n) is 7.60. The summed E-state index contributed by atoms with van der Waals surface area (Å²) in [7, 11) is 0. The van der Waals surface area contributed by atoms with Gasteiger partial charge in [0.1, 0.15) is 0 Å². The Kier molecular flexibility index (Phi) is 8.86. The van der Waals surface area contributed by atoms with Crippen molar-refractivity contribution in [2.45, 2.75) is 77.7 Å². The summed E-state index contributed by atoms with van der Waals surface area (Å²) in [6.07, 6.45) is 13.2. The van der Waals surface area contributed by atoms with Crippen LogP contribution in [0.1, 0.15) is 76.7 Å². The molecule has 1 aliphatic carbocycles. The van der Waals surface area contributed by atoms with Gasteiger partial charge >= 0.3 is 0 Å². The second kappa shape index (κ2) is 12.0. The second-order valence-electron chi connectivity index (χ2n) is 10.1. The van der Waals surface area contributed by atoms with Crippen LogP contribution in [-0.2, 0) is 16.1 Å². The van der Waals surface area contributed by atoms with Crippen LogP contribution in [0, 0.1) is 5.92 Å². The lowest BCUT2D eigenvalue weighted by Gasteiger charge is -2.34. The highest BCUT2D eigenvalue weighted by atomic mass is 16.5. The standard InChI is InChI=1S/C27H43N3O2/c1-23(31)30-15-9-4-2-3-8-14-28(21-24-10-6-5-7-11-24)22-25-20-26(12-13-27(25)30)29-16-18-32-19-17-29/h12-13,20,24H,2-11,14-19,21-22H2,1H3. The van der Waals surface area contributed by atoms with Crippen LogP contribution in [0.4, 0.5) is 11.4 Å². The van der Waals surface area contributed by atoms with Crippen molar-refractivity contribution in [2.24, 2.45) is 5.92 Å². The first kappa shape index (κ1) is 23.6. The van der Waals surface area contributed by atoms with Crippen molar-refractivity contribution in [2.75, 3.05) is 55.7 Å². The van der Waals surface area contributed by atoms with Crippen LogP contribution < -0.4 is 9.80 Å². The van der Waals surface area contributed by atoms with E-state index in [1.54, 1.807) is 6.92 Å². The van der Waals surface area contributed by atoms with Gasteiger partial charge in [0.15, 0.2) is 0 Å². The molecule has 0 spiro atoms. The number of nitrogens with zero attached hydrogens (tertiary/aromatic N) is 3. The first-order valence-electron chi connectivity index (χ1n) is 13.2. The molecule has 4 rings (SSSR count). The first-order valence-corrected chi connectivity index (χ1v) is 13.2. The van der Waals surface area contributed by atoms with E-state index in [0.717, 1.165) is 57.4 Å². The minimum absolute atomic E-state index is 0.168. The molecular formula is C27H43N3O2. The summed E-state index contributed by atoms with van der Waals surface area (Å²) in [6.45, 7) is 9.39. The Morgan fingerprint density at radius 1 is 0.906 bits per heavy atom. The Morgan fingerprint density at radius 2 is 1.59 bits per heavy atom. The molecule has 2 aliphatic heterocycles. The average molecular weight is 442 g/mol. The minimum atomic E-state index is 0.168.